The highest BCUT2D eigenvalue weighted by Gasteiger charge is 2.63. The first-order valence-electron chi connectivity index (χ1n) is 11.1. The van der Waals surface area contributed by atoms with Crippen molar-refractivity contribution in [2.75, 3.05) is 19.8 Å². The minimum Gasteiger partial charge on any atom is -0.493 e. The zero-order valence-corrected chi connectivity index (χ0v) is 20.4. The highest BCUT2D eigenvalue weighted by Crippen LogP contribution is 2.71. The number of rotatable bonds is 7. The van der Waals surface area contributed by atoms with E-state index in [1.165, 1.54) is 21.8 Å². The summed E-state index contributed by atoms with van der Waals surface area (Å²) < 4.78 is 5.65. The topological polar surface area (TPSA) is 113 Å². The Hall–Kier alpha value is -1.93. The predicted octanol–water partition coefficient (Wildman–Crippen LogP) is 3.79. The van der Waals surface area contributed by atoms with Gasteiger partial charge in [-0.25, -0.2) is 4.79 Å². The summed E-state index contributed by atoms with van der Waals surface area (Å²) in [6.07, 6.45) is 0.985. The summed E-state index contributed by atoms with van der Waals surface area (Å²) in [6.45, 7) is 11.3. The highest BCUT2D eigenvalue weighted by molar-refractivity contribution is 7.14. The summed E-state index contributed by atoms with van der Waals surface area (Å²) in [5.41, 5.74) is 11.6. The Morgan fingerprint density at radius 1 is 1.22 bits per heavy atom. The van der Waals surface area contributed by atoms with Crippen LogP contribution < -0.4 is 10.5 Å². The van der Waals surface area contributed by atoms with Crippen LogP contribution in [0.2, 0.25) is 0 Å². The second-order valence-electron chi connectivity index (χ2n) is 9.60. The van der Waals surface area contributed by atoms with Crippen molar-refractivity contribution >= 4 is 17.3 Å². The molecule has 0 saturated heterocycles. The standard InChI is InChI=1S/C13H21NO3.C12H14O2S/c1-9-3-11(5-14)4-10(2)13(9)17-8-12(6-15)7-16;1-5-8-6(10(15-5)11(13)14)4-7-9(8)12(7,2)3/h3-4,12,15-16H,5-8,14H2,1-2H3;7,9H,4H2,1-3H3,(H,13,14)/t;7-,9-/m.1/s1. The van der Waals surface area contributed by atoms with Gasteiger partial charge in [-0.3, -0.25) is 0 Å². The quantitative estimate of drug-likeness (QED) is 0.499. The zero-order chi connectivity index (χ0) is 23.8. The lowest BCUT2D eigenvalue weighted by Crippen LogP contribution is -2.20. The van der Waals surface area contributed by atoms with Gasteiger partial charge in [0.2, 0.25) is 0 Å². The van der Waals surface area contributed by atoms with E-state index in [4.69, 9.17) is 25.8 Å². The van der Waals surface area contributed by atoms with Crippen LogP contribution in [0, 0.1) is 38.0 Å². The van der Waals surface area contributed by atoms with Crippen molar-refractivity contribution in [3.05, 3.63) is 49.7 Å². The minimum absolute atomic E-state index is 0.0739. The number of hydrogen-bond acceptors (Lipinski definition) is 6. The maximum Gasteiger partial charge on any atom is 0.346 e. The molecule has 2 aromatic rings. The summed E-state index contributed by atoms with van der Waals surface area (Å²) in [5.74, 6) is 1.17. The fourth-order valence-corrected chi connectivity index (χ4v) is 6.12. The molecule has 0 unspecified atom stereocenters. The van der Waals surface area contributed by atoms with E-state index < -0.39 is 5.97 Å². The number of carboxylic acids is 1. The molecule has 1 aromatic carbocycles. The molecule has 2 atom stereocenters. The molecular formula is C25H35NO5S. The van der Waals surface area contributed by atoms with Gasteiger partial charge >= 0.3 is 5.97 Å². The number of ether oxygens (including phenoxy) is 1. The van der Waals surface area contributed by atoms with Crippen molar-refractivity contribution in [2.24, 2.45) is 23.0 Å². The fraction of sp³-hybridized carbons (Fsp3) is 0.560. The van der Waals surface area contributed by atoms with Crippen LogP contribution >= 0.6 is 11.3 Å². The van der Waals surface area contributed by atoms with Crippen molar-refractivity contribution in [3.63, 3.8) is 0 Å². The molecule has 5 N–H and O–H groups in total. The summed E-state index contributed by atoms with van der Waals surface area (Å²) in [6, 6.07) is 3.99. The second-order valence-corrected chi connectivity index (χ2v) is 10.8. The molecule has 4 rings (SSSR count). The van der Waals surface area contributed by atoms with Crippen LogP contribution in [-0.4, -0.2) is 41.1 Å². The lowest BCUT2D eigenvalue weighted by Gasteiger charge is -2.17. The smallest absolute Gasteiger partial charge is 0.346 e. The molecular weight excluding hydrogens is 426 g/mol. The first-order valence-corrected chi connectivity index (χ1v) is 11.9. The number of benzene rings is 1. The summed E-state index contributed by atoms with van der Waals surface area (Å²) in [7, 11) is 0. The predicted molar refractivity (Wildman–Crippen MR) is 127 cm³/mol. The van der Waals surface area contributed by atoms with Crippen LogP contribution in [0.1, 0.15) is 62.1 Å². The first-order chi connectivity index (χ1) is 15.1. The second kappa shape index (κ2) is 9.51. The number of aliphatic hydroxyl groups excluding tert-OH is 2. The molecule has 0 spiro atoms. The molecule has 2 aliphatic carbocycles. The van der Waals surface area contributed by atoms with Gasteiger partial charge in [0, 0.05) is 17.3 Å². The number of fused-ring (bicyclic) bond motifs is 3. The number of aromatic carboxylic acids is 1. The van der Waals surface area contributed by atoms with Gasteiger partial charge in [-0.1, -0.05) is 26.0 Å². The fourth-order valence-electron chi connectivity index (χ4n) is 5.05. The van der Waals surface area contributed by atoms with Gasteiger partial charge in [0.05, 0.1) is 19.8 Å². The summed E-state index contributed by atoms with van der Waals surface area (Å²) in [5, 5.41) is 27.0. The summed E-state index contributed by atoms with van der Waals surface area (Å²) >= 11 is 1.46. The summed E-state index contributed by atoms with van der Waals surface area (Å²) in [4.78, 5) is 12.9. The Balaban J connectivity index is 0.000000181. The number of thiophene rings is 1. The highest BCUT2D eigenvalue weighted by atomic mass is 32.1. The average molecular weight is 462 g/mol. The van der Waals surface area contributed by atoms with E-state index in [1.807, 2.05) is 26.0 Å². The van der Waals surface area contributed by atoms with Gasteiger partial charge in [-0.15, -0.1) is 11.3 Å². The lowest BCUT2D eigenvalue weighted by molar-refractivity contribution is 0.0701. The normalized spacial score (nSPS) is 19.8. The molecule has 2 aliphatic rings. The van der Waals surface area contributed by atoms with Crippen LogP contribution in [0.5, 0.6) is 5.75 Å². The third kappa shape index (κ3) is 4.57. The number of carbonyl (C=O) groups is 1. The van der Waals surface area contributed by atoms with Crippen molar-refractivity contribution in [1.29, 1.82) is 0 Å². The maximum absolute atomic E-state index is 11.1. The van der Waals surface area contributed by atoms with E-state index in [1.54, 1.807) is 0 Å². The molecule has 32 heavy (non-hydrogen) atoms. The average Bonchev–Trinajstić information content (AvgIpc) is 3.05. The molecule has 1 fully saturated rings. The molecule has 0 radical (unpaired) electrons. The van der Waals surface area contributed by atoms with Gasteiger partial charge in [-0.2, -0.15) is 0 Å². The van der Waals surface area contributed by atoms with E-state index >= 15 is 0 Å². The van der Waals surface area contributed by atoms with Gasteiger partial charge in [-0.05, 0) is 72.3 Å². The van der Waals surface area contributed by atoms with E-state index in [2.05, 4.69) is 20.8 Å². The van der Waals surface area contributed by atoms with E-state index in [0.29, 0.717) is 35.3 Å². The van der Waals surface area contributed by atoms with Gasteiger partial charge < -0.3 is 25.8 Å². The minimum atomic E-state index is -0.747. The molecule has 0 bridgehead atoms. The Morgan fingerprint density at radius 2 is 1.81 bits per heavy atom. The Bertz CT molecular complexity index is 969. The molecule has 0 amide bonds. The Morgan fingerprint density at radius 3 is 2.31 bits per heavy atom. The monoisotopic (exact) mass is 461 g/mol. The third-order valence-corrected chi connectivity index (χ3v) is 8.10. The lowest BCUT2D eigenvalue weighted by atomic mass is 9.95. The number of hydrogen-bond donors (Lipinski definition) is 4. The zero-order valence-electron chi connectivity index (χ0n) is 19.6. The van der Waals surface area contributed by atoms with Crippen molar-refractivity contribution in [2.45, 2.75) is 53.5 Å². The first kappa shape index (κ1) is 24.7. The van der Waals surface area contributed by atoms with Crippen molar-refractivity contribution in [1.82, 2.24) is 0 Å². The van der Waals surface area contributed by atoms with E-state index in [9.17, 15) is 4.79 Å². The van der Waals surface area contributed by atoms with Gasteiger partial charge in [0.25, 0.3) is 0 Å². The van der Waals surface area contributed by atoms with Crippen LogP contribution in [0.25, 0.3) is 0 Å². The Labute approximate surface area is 194 Å². The number of aliphatic hydroxyl groups is 2. The van der Waals surface area contributed by atoms with Crippen LogP contribution in [0.3, 0.4) is 0 Å². The van der Waals surface area contributed by atoms with Crippen LogP contribution in [0.4, 0.5) is 0 Å². The molecule has 1 saturated carbocycles. The molecule has 7 heteroatoms. The molecule has 6 nitrogen and oxygen atoms in total. The third-order valence-electron chi connectivity index (χ3n) is 6.95. The number of nitrogens with two attached hydrogens (primary N) is 1. The molecule has 0 aliphatic heterocycles. The number of carboxylic acid groups (broad SMARTS) is 1. The Kier molecular flexibility index (Phi) is 7.34. The molecule has 176 valence electrons. The van der Waals surface area contributed by atoms with Crippen LogP contribution in [-0.2, 0) is 13.0 Å². The van der Waals surface area contributed by atoms with Gasteiger partial charge in [0.15, 0.2) is 0 Å². The van der Waals surface area contributed by atoms with Crippen molar-refractivity contribution in [3.8, 4) is 5.75 Å². The number of aryl methyl sites for hydroxylation is 3. The van der Waals surface area contributed by atoms with Gasteiger partial charge in [0.1, 0.15) is 10.6 Å². The SMILES string of the molecule is Cc1cc(CN)cc(C)c1OCC(CO)CO.Cc1sc(C(=O)O)c2c1[C@H]1[C@@H](C2)C1(C)C. The van der Waals surface area contributed by atoms with Crippen LogP contribution in [0.15, 0.2) is 12.1 Å². The molecule has 1 heterocycles. The van der Waals surface area contributed by atoms with E-state index in [0.717, 1.165) is 34.4 Å². The maximum atomic E-state index is 11.1. The largest absolute Gasteiger partial charge is 0.493 e. The van der Waals surface area contributed by atoms with Crippen molar-refractivity contribution < 1.29 is 24.9 Å². The molecule has 1 aromatic heterocycles. The van der Waals surface area contributed by atoms with E-state index in [-0.39, 0.29) is 19.1 Å².